The van der Waals surface area contributed by atoms with Crippen molar-refractivity contribution >= 4 is 35.6 Å². The summed E-state index contributed by atoms with van der Waals surface area (Å²) in [6.07, 6.45) is -0.869. The van der Waals surface area contributed by atoms with Crippen LogP contribution in [0.3, 0.4) is 0 Å². The highest BCUT2D eigenvalue weighted by molar-refractivity contribution is 5.94. The van der Waals surface area contributed by atoms with Gasteiger partial charge in [-0.05, 0) is 18.8 Å². The van der Waals surface area contributed by atoms with Crippen LogP contribution in [0.4, 0.5) is 0 Å². The Kier molecular flexibility index (Phi) is 13.3. The van der Waals surface area contributed by atoms with Crippen LogP contribution in [0.2, 0.25) is 0 Å². The van der Waals surface area contributed by atoms with Crippen molar-refractivity contribution in [3.8, 4) is 0 Å². The summed E-state index contributed by atoms with van der Waals surface area (Å²) in [6.45, 7) is 2.61. The minimum absolute atomic E-state index is 0.225. The van der Waals surface area contributed by atoms with Crippen molar-refractivity contribution in [1.82, 2.24) is 16.0 Å². The number of hydrogen-bond acceptors (Lipinski definition) is 8. The van der Waals surface area contributed by atoms with Crippen LogP contribution in [0.25, 0.3) is 0 Å². The minimum atomic E-state index is -1.61. The molecule has 0 aliphatic rings. The lowest BCUT2D eigenvalue weighted by Gasteiger charge is -2.25. The van der Waals surface area contributed by atoms with Gasteiger partial charge in [-0.1, -0.05) is 20.3 Å². The largest absolute Gasteiger partial charge is 0.481 e. The number of carbonyl (C=O) groups is 6. The number of aliphatic hydroxyl groups excluding tert-OH is 1. The Labute approximate surface area is 190 Å². The van der Waals surface area contributed by atoms with Gasteiger partial charge >= 0.3 is 11.9 Å². The van der Waals surface area contributed by atoms with Gasteiger partial charge in [-0.3, -0.25) is 24.0 Å². The molecule has 14 heteroatoms. The molecule has 0 spiro atoms. The fourth-order valence-electron chi connectivity index (χ4n) is 2.60. The first kappa shape index (κ1) is 29.7. The van der Waals surface area contributed by atoms with Crippen molar-refractivity contribution in [2.24, 2.45) is 17.4 Å². The molecule has 0 aliphatic carbocycles. The van der Waals surface area contributed by atoms with E-state index < -0.39 is 72.8 Å². The number of carboxylic acid groups (broad SMARTS) is 2. The number of rotatable bonds is 16. The summed E-state index contributed by atoms with van der Waals surface area (Å²) in [5, 5.41) is 34.1. The summed E-state index contributed by atoms with van der Waals surface area (Å²) in [7, 11) is 0. The van der Waals surface area contributed by atoms with Crippen LogP contribution in [0.15, 0.2) is 0 Å². The van der Waals surface area contributed by atoms with Gasteiger partial charge < -0.3 is 42.7 Å². The Morgan fingerprint density at radius 3 is 1.76 bits per heavy atom. The van der Waals surface area contributed by atoms with Gasteiger partial charge in [-0.15, -0.1) is 0 Å². The summed E-state index contributed by atoms with van der Waals surface area (Å²) in [4.78, 5) is 70.4. The third kappa shape index (κ3) is 11.2. The van der Waals surface area contributed by atoms with E-state index in [0.717, 1.165) is 0 Å². The van der Waals surface area contributed by atoms with E-state index in [1.165, 1.54) is 0 Å². The standard InChI is InChI=1S/C19H33N5O9/c1-3-9(2)15(21)18(31)22-10(5-7-14(27)28)16(29)24-12(8-25)17(30)23-11(19(32)33)4-6-13(20)26/h9-12,15,25H,3-8,21H2,1-2H3,(H2,20,26)(H,22,31)(H,23,30)(H,24,29)(H,27,28)(H,32,33)/t9-,10-,11-,12-,15-/m0/s1. The average molecular weight is 475 g/mol. The first-order valence-electron chi connectivity index (χ1n) is 10.3. The first-order chi connectivity index (χ1) is 15.3. The minimum Gasteiger partial charge on any atom is -0.481 e. The number of primary amides is 1. The highest BCUT2D eigenvalue weighted by Gasteiger charge is 2.31. The molecule has 14 nitrogen and oxygen atoms in total. The highest BCUT2D eigenvalue weighted by atomic mass is 16.4. The van der Waals surface area contributed by atoms with Gasteiger partial charge in [0.15, 0.2) is 0 Å². The Hall–Kier alpha value is -3.26. The molecule has 0 aromatic carbocycles. The van der Waals surface area contributed by atoms with Gasteiger partial charge in [0.1, 0.15) is 18.1 Å². The third-order valence-corrected chi connectivity index (χ3v) is 4.95. The highest BCUT2D eigenvalue weighted by Crippen LogP contribution is 2.07. The van der Waals surface area contributed by atoms with Crippen molar-refractivity contribution in [2.75, 3.05) is 6.61 Å². The van der Waals surface area contributed by atoms with Crippen LogP contribution in [-0.4, -0.2) is 81.7 Å². The summed E-state index contributed by atoms with van der Waals surface area (Å²) in [6, 6.07) is -5.46. The van der Waals surface area contributed by atoms with Crippen molar-refractivity contribution in [1.29, 1.82) is 0 Å². The molecule has 5 atom stereocenters. The number of hydrogen-bond donors (Lipinski definition) is 8. The molecule has 0 radical (unpaired) electrons. The van der Waals surface area contributed by atoms with Crippen LogP contribution in [0, 0.1) is 5.92 Å². The average Bonchev–Trinajstić information content (AvgIpc) is 2.75. The fraction of sp³-hybridized carbons (Fsp3) is 0.684. The van der Waals surface area contributed by atoms with Gasteiger partial charge in [0.05, 0.1) is 12.6 Å². The zero-order valence-corrected chi connectivity index (χ0v) is 18.6. The smallest absolute Gasteiger partial charge is 0.326 e. The van der Waals surface area contributed by atoms with E-state index >= 15 is 0 Å². The van der Waals surface area contributed by atoms with Crippen LogP contribution in [0.1, 0.15) is 46.0 Å². The number of amides is 4. The van der Waals surface area contributed by atoms with Crippen molar-refractivity contribution in [3.05, 3.63) is 0 Å². The molecule has 0 aromatic heterocycles. The fourth-order valence-corrected chi connectivity index (χ4v) is 2.60. The molecule has 0 aromatic rings. The van der Waals surface area contributed by atoms with Crippen molar-refractivity contribution in [2.45, 2.75) is 70.1 Å². The number of aliphatic hydroxyl groups is 1. The van der Waals surface area contributed by atoms with Gasteiger partial charge in [0, 0.05) is 12.8 Å². The van der Waals surface area contributed by atoms with Crippen molar-refractivity contribution < 1.29 is 44.1 Å². The normalized spacial score (nSPS) is 15.3. The SMILES string of the molecule is CC[C@H](C)[C@H](N)C(=O)N[C@@H](CCC(=O)O)C(=O)N[C@@H](CO)C(=O)N[C@@H](CCC(N)=O)C(=O)O. The van der Waals surface area contributed by atoms with Crippen LogP contribution < -0.4 is 27.4 Å². The molecular formula is C19H33N5O9. The predicted molar refractivity (Wildman–Crippen MR) is 113 cm³/mol. The van der Waals surface area contributed by atoms with E-state index in [1.54, 1.807) is 6.92 Å². The Morgan fingerprint density at radius 2 is 1.30 bits per heavy atom. The number of carboxylic acids is 2. The van der Waals surface area contributed by atoms with E-state index in [-0.39, 0.29) is 25.2 Å². The topological polar surface area (TPSA) is 251 Å². The molecular weight excluding hydrogens is 442 g/mol. The Balaban J connectivity index is 5.34. The maximum absolute atomic E-state index is 12.6. The van der Waals surface area contributed by atoms with Gasteiger partial charge in [0.25, 0.3) is 0 Å². The molecule has 10 N–H and O–H groups in total. The zero-order valence-electron chi connectivity index (χ0n) is 18.6. The van der Waals surface area contributed by atoms with Gasteiger partial charge in [-0.2, -0.15) is 0 Å². The number of carbonyl (C=O) groups excluding carboxylic acids is 4. The molecule has 0 bridgehead atoms. The molecule has 4 amide bonds. The summed E-state index contributed by atoms with van der Waals surface area (Å²) < 4.78 is 0. The molecule has 33 heavy (non-hydrogen) atoms. The summed E-state index contributed by atoms with van der Waals surface area (Å²) in [5.41, 5.74) is 10.8. The van der Waals surface area contributed by atoms with Gasteiger partial charge in [0.2, 0.25) is 23.6 Å². The van der Waals surface area contributed by atoms with E-state index in [1.807, 2.05) is 6.92 Å². The molecule has 0 heterocycles. The van der Waals surface area contributed by atoms with E-state index in [0.29, 0.717) is 6.42 Å². The monoisotopic (exact) mass is 475 g/mol. The quantitative estimate of drug-likeness (QED) is 0.112. The maximum Gasteiger partial charge on any atom is 0.326 e. The second kappa shape index (κ2) is 14.7. The third-order valence-electron chi connectivity index (χ3n) is 4.95. The molecule has 0 unspecified atom stereocenters. The summed E-state index contributed by atoms with van der Waals surface area (Å²) in [5.74, 6) is -6.44. The molecule has 0 rings (SSSR count). The van der Waals surface area contributed by atoms with Crippen LogP contribution in [-0.2, 0) is 28.8 Å². The lowest BCUT2D eigenvalue weighted by Crippen LogP contribution is -2.58. The van der Waals surface area contributed by atoms with E-state index in [2.05, 4.69) is 16.0 Å². The second-order valence-corrected chi connectivity index (χ2v) is 7.55. The van der Waals surface area contributed by atoms with Crippen LogP contribution >= 0.6 is 0 Å². The number of nitrogens with one attached hydrogen (secondary N) is 3. The maximum atomic E-state index is 12.6. The first-order valence-corrected chi connectivity index (χ1v) is 10.3. The zero-order chi connectivity index (χ0) is 25.7. The molecule has 0 saturated carbocycles. The number of aliphatic carboxylic acids is 2. The van der Waals surface area contributed by atoms with Crippen LogP contribution in [0.5, 0.6) is 0 Å². The number of nitrogens with two attached hydrogens (primary N) is 2. The molecule has 0 aliphatic heterocycles. The second-order valence-electron chi connectivity index (χ2n) is 7.55. The van der Waals surface area contributed by atoms with Crippen molar-refractivity contribution in [3.63, 3.8) is 0 Å². The predicted octanol–water partition coefficient (Wildman–Crippen LogP) is -2.98. The molecule has 0 fully saturated rings. The summed E-state index contributed by atoms with van der Waals surface area (Å²) >= 11 is 0. The van der Waals surface area contributed by atoms with E-state index in [9.17, 15) is 33.9 Å². The Bertz CT molecular complexity index is 730. The lowest BCUT2D eigenvalue weighted by atomic mass is 9.98. The Morgan fingerprint density at radius 1 is 0.818 bits per heavy atom. The molecule has 188 valence electrons. The lowest BCUT2D eigenvalue weighted by molar-refractivity contribution is -0.143. The molecule has 0 saturated heterocycles. The van der Waals surface area contributed by atoms with E-state index in [4.69, 9.17) is 21.7 Å². The van der Waals surface area contributed by atoms with Gasteiger partial charge in [-0.25, -0.2) is 4.79 Å².